The van der Waals surface area contributed by atoms with Crippen molar-refractivity contribution < 1.29 is 24.2 Å². The molecule has 3 heterocycles. The van der Waals surface area contributed by atoms with Gasteiger partial charge in [-0.3, -0.25) is 14.5 Å². The number of halogens is 1. The maximum absolute atomic E-state index is 13.5. The molecule has 0 radical (unpaired) electrons. The fraction of sp³-hybridized carbons (Fsp3) is 0.233. The third-order valence-corrected chi connectivity index (χ3v) is 8.08. The van der Waals surface area contributed by atoms with Crippen LogP contribution in [0.3, 0.4) is 0 Å². The lowest BCUT2D eigenvalue weighted by Crippen LogP contribution is -2.29. The lowest BCUT2D eigenvalue weighted by atomic mass is 9.94. The van der Waals surface area contributed by atoms with Crippen molar-refractivity contribution in [1.29, 1.82) is 0 Å². The number of aromatic nitrogens is 1. The Morgan fingerprint density at radius 2 is 1.95 bits per heavy atom. The molecule has 2 aliphatic rings. The van der Waals surface area contributed by atoms with Crippen molar-refractivity contribution in [2.24, 2.45) is 0 Å². The molecule has 6 rings (SSSR count). The molecule has 0 unspecified atom stereocenters. The molecule has 9 heteroatoms. The van der Waals surface area contributed by atoms with Crippen LogP contribution in [0.5, 0.6) is 11.5 Å². The molecule has 2 aliphatic heterocycles. The molecule has 1 amide bonds. The van der Waals surface area contributed by atoms with Gasteiger partial charge >= 0.3 is 5.91 Å². The molecule has 0 saturated carbocycles. The molecule has 1 fully saturated rings. The minimum Gasteiger partial charge on any atom is -0.507 e. The molecule has 198 valence electrons. The van der Waals surface area contributed by atoms with E-state index in [1.807, 2.05) is 32.0 Å². The smallest absolute Gasteiger partial charge is 0.301 e. The number of aliphatic hydroxyl groups is 1. The second-order valence-electron chi connectivity index (χ2n) is 9.65. The number of carbonyl (C=O) groups is 2. The summed E-state index contributed by atoms with van der Waals surface area (Å²) in [7, 11) is 0. The van der Waals surface area contributed by atoms with Gasteiger partial charge in [-0.25, -0.2) is 4.98 Å². The average molecular weight is 561 g/mol. The number of amides is 1. The molecule has 1 aromatic heterocycles. The van der Waals surface area contributed by atoms with Crippen molar-refractivity contribution >= 4 is 55.7 Å². The number of hydrogen-bond donors (Lipinski definition) is 1. The first-order valence-electron chi connectivity index (χ1n) is 12.7. The molecule has 3 aromatic carbocycles. The van der Waals surface area contributed by atoms with E-state index < -0.39 is 17.7 Å². The second kappa shape index (κ2) is 10.0. The number of nitrogens with zero attached hydrogens (tertiary/aromatic N) is 2. The largest absolute Gasteiger partial charge is 0.507 e. The highest BCUT2D eigenvalue weighted by Crippen LogP contribution is 2.45. The summed E-state index contributed by atoms with van der Waals surface area (Å²) in [5, 5.41) is 12.4. The van der Waals surface area contributed by atoms with E-state index in [2.05, 4.69) is 4.98 Å². The van der Waals surface area contributed by atoms with Crippen LogP contribution in [0.1, 0.15) is 43.0 Å². The lowest BCUT2D eigenvalue weighted by molar-refractivity contribution is -0.132. The van der Waals surface area contributed by atoms with Crippen LogP contribution in [0.15, 0.2) is 66.2 Å². The summed E-state index contributed by atoms with van der Waals surface area (Å²) in [5.74, 6) is -0.326. The van der Waals surface area contributed by atoms with Gasteiger partial charge in [0.1, 0.15) is 23.4 Å². The van der Waals surface area contributed by atoms with Crippen LogP contribution in [-0.4, -0.2) is 34.5 Å². The van der Waals surface area contributed by atoms with Crippen LogP contribution in [0, 0.1) is 0 Å². The summed E-state index contributed by atoms with van der Waals surface area (Å²) >= 11 is 7.44. The molecular formula is C30H25ClN2O5S. The van der Waals surface area contributed by atoms with E-state index in [4.69, 9.17) is 21.1 Å². The van der Waals surface area contributed by atoms with Gasteiger partial charge in [0, 0.05) is 17.0 Å². The van der Waals surface area contributed by atoms with Crippen molar-refractivity contribution in [2.45, 2.75) is 38.8 Å². The summed E-state index contributed by atoms with van der Waals surface area (Å²) in [6, 6.07) is 16.9. The van der Waals surface area contributed by atoms with E-state index in [0.717, 1.165) is 22.4 Å². The molecule has 2 atom stereocenters. The molecule has 4 aromatic rings. The van der Waals surface area contributed by atoms with Crippen molar-refractivity contribution in [3.63, 3.8) is 0 Å². The zero-order chi connectivity index (χ0) is 27.3. The van der Waals surface area contributed by atoms with Crippen LogP contribution >= 0.6 is 22.9 Å². The molecule has 39 heavy (non-hydrogen) atoms. The van der Waals surface area contributed by atoms with Gasteiger partial charge in [0.05, 0.1) is 28.4 Å². The first kappa shape index (κ1) is 25.4. The van der Waals surface area contributed by atoms with Gasteiger partial charge in [-0.1, -0.05) is 42.0 Å². The molecule has 0 bridgehead atoms. The molecular weight excluding hydrogens is 536 g/mol. The summed E-state index contributed by atoms with van der Waals surface area (Å²) in [6.45, 7) is 4.58. The van der Waals surface area contributed by atoms with Crippen LogP contribution in [-0.2, 0) is 16.0 Å². The number of carbonyl (C=O) groups excluding carboxylic acids is 2. The van der Waals surface area contributed by atoms with E-state index in [-0.39, 0.29) is 17.4 Å². The first-order valence-corrected chi connectivity index (χ1v) is 13.9. The Labute approximate surface area is 234 Å². The Morgan fingerprint density at radius 3 is 2.72 bits per heavy atom. The number of rotatable bonds is 6. The highest BCUT2D eigenvalue weighted by molar-refractivity contribution is 7.22. The Hall–Kier alpha value is -3.88. The predicted molar refractivity (Wildman–Crippen MR) is 152 cm³/mol. The van der Waals surface area contributed by atoms with Gasteiger partial charge in [-0.05, 0) is 73.0 Å². The van der Waals surface area contributed by atoms with E-state index in [9.17, 15) is 14.7 Å². The minimum atomic E-state index is -0.885. The summed E-state index contributed by atoms with van der Waals surface area (Å²) < 4.78 is 12.3. The number of ketones is 1. The molecule has 0 aliphatic carbocycles. The number of Topliss-reactive ketones (excluding diaryl/α,β-unsaturated/α-hetero) is 1. The number of anilines is 1. The van der Waals surface area contributed by atoms with Crippen molar-refractivity contribution in [3.05, 3.63) is 87.9 Å². The number of fused-ring (bicyclic) bond motifs is 2. The highest BCUT2D eigenvalue weighted by Gasteiger charge is 2.48. The van der Waals surface area contributed by atoms with Crippen molar-refractivity contribution in [3.8, 4) is 11.5 Å². The van der Waals surface area contributed by atoms with Gasteiger partial charge in [-0.15, -0.1) is 0 Å². The molecule has 0 spiro atoms. The van der Waals surface area contributed by atoms with Crippen LogP contribution in [0.25, 0.3) is 16.0 Å². The lowest BCUT2D eigenvalue weighted by Gasteiger charge is -2.23. The van der Waals surface area contributed by atoms with Gasteiger partial charge in [0.2, 0.25) is 0 Å². The first-order chi connectivity index (χ1) is 18.8. The quantitative estimate of drug-likeness (QED) is 0.161. The van der Waals surface area contributed by atoms with Gasteiger partial charge in [-0.2, -0.15) is 0 Å². The SMILES string of the molecule is CCCOc1ccc([C@H]2/C(=C(\O)c3ccc4c(c3)C[C@@H](C)O4)C(=O)C(=O)N2c2nc3ccc(Cl)cc3s2)cc1. The van der Waals surface area contributed by atoms with Crippen molar-refractivity contribution in [1.82, 2.24) is 4.98 Å². The summed E-state index contributed by atoms with van der Waals surface area (Å²) in [4.78, 5) is 33.1. The number of aliphatic hydroxyl groups excluding tert-OH is 1. The highest BCUT2D eigenvalue weighted by atomic mass is 35.5. The van der Waals surface area contributed by atoms with Crippen LogP contribution in [0.4, 0.5) is 5.13 Å². The molecule has 7 nitrogen and oxygen atoms in total. The fourth-order valence-electron chi connectivity index (χ4n) is 5.03. The minimum absolute atomic E-state index is 0.00595. The average Bonchev–Trinajstić information content (AvgIpc) is 3.59. The van der Waals surface area contributed by atoms with E-state index >= 15 is 0 Å². The normalized spacial score (nSPS) is 19.9. The van der Waals surface area contributed by atoms with E-state index in [0.29, 0.717) is 45.6 Å². The fourth-order valence-corrected chi connectivity index (χ4v) is 6.29. The zero-order valence-electron chi connectivity index (χ0n) is 21.3. The molecule has 1 N–H and O–H groups in total. The monoisotopic (exact) mass is 560 g/mol. The maximum atomic E-state index is 13.5. The second-order valence-corrected chi connectivity index (χ2v) is 11.1. The Morgan fingerprint density at radius 1 is 1.15 bits per heavy atom. The Balaban J connectivity index is 1.49. The standard InChI is InChI=1S/C30H25ClN2O5S/c1-3-12-37-21-8-4-17(5-9-21)26-25(27(34)18-6-11-23-19(14-18)13-16(2)38-23)28(35)29(36)33(26)30-32-22-10-7-20(31)15-24(22)39-30/h4-11,14-16,26,34H,3,12-13H2,1-2H3/b27-25+/t16-,26+/m1/s1. The van der Waals surface area contributed by atoms with Crippen molar-refractivity contribution in [2.75, 3.05) is 11.5 Å². The summed E-state index contributed by atoms with van der Waals surface area (Å²) in [5.41, 5.74) is 2.71. The van der Waals surface area contributed by atoms with Crippen LogP contribution in [0.2, 0.25) is 5.02 Å². The van der Waals surface area contributed by atoms with E-state index in [1.54, 1.807) is 42.5 Å². The van der Waals surface area contributed by atoms with Gasteiger partial charge < -0.3 is 14.6 Å². The number of benzene rings is 3. The summed E-state index contributed by atoms with van der Waals surface area (Å²) in [6.07, 6.45) is 1.60. The third-order valence-electron chi connectivity index (χ3n) is 6.83. The number of ether oxygens (including phenoxy) is 2. The topological polar surface area (TPSA) is 89.0 Å². The number of hydrogen-bond acceptors (Lipinski definition) is 7. The molecule has 1 saturated heterocycles. The number of thiazole rings is 1. The van der Waals surface area contributed by atoms with Crippen LogP contribution < -0.4 is 14.4 Å². The Bertz CT molecular complexity index is 1650. The maximum Gasteiger partial charge on any atom is 0.301 e. The zero-order valence-corrected chi connectivity index (χ0v) is 22.9. The predicted octanol–water partition coefficient (Wildman–Crippen LogP) is 6.69. The Kier molecular flexibility index (Phi) is 6.53. The third kappa shape index (κ3) is 4.53. The van der Waals surface area contributed by atoms with E-state index in [1.165, 1.54) is 16.2 Å². The van der Waals surface area contributed by atoms with Gasteiger partial charge in [0.25, 0.3) is 5.78 Å². The van der Waals surface area contributed by atoms with Gasteiger partial charge in [0.15, 0.2) is 5.13 Å².